The van der Waals surface area contributed by atoms with Crippen molar-refractivity contribution in [3.8, 4) is 16.9 Å². The summed E-state index contributed by atoms with van der Waals surface area (Å²) in [5.41, 5.74) is 12.6. The summed E-state index contributed by atoms with van der Waals surface area (Å²) in [4.78, 5) is 21.8. The summed E-state index contributed by atoms with van der Waals surface area (Å²) < 4.78 is 5.77. The van der Waals surface area contributed by atoms with Crippen LogP contribution >= 0.6 is 0 Å². The maximum Gasteiger partial charge on any atom is 0.270 e. The summed E-state index contributed by atoms with van der Waals surface area (Å²) in [5.74, 6) is 0.944. The first-order valence-electron chi connectivity index (χ1n) is 6.79. The van der Waals surface area contributed by atoms with E-state index < -0.39 is 5.60 Å². The molecule has 0 aliphatic carbocycles. The van der Waals surface area contributed by atoms with Crippen molar-refractivity contribution in [3.63, 3.8) is 0 Å². The van der Waals surface area contributed by atoms with Crippen LogP contribution in [0.4, 0.5) is 17.5 Å². The van der Waals surface area contributed by atoms with E-state index in [1.165, 1.54) is 0 Å². The molecule has 0 spiro atoms. The molecule has 114 valence electrons. The summed E-state index contributed by atoms with van der Waals surface area (Å²) in [6.07, 6.45) is 1.56. The number of carbonyl (C=O) groups excluding carboxylic acids is 1. The van der Waals surface area contributed by atoms with Crippen LogP contribution in [-0.4, -0.2) is 28.5 Å². The number of carbonyl (C=O) groups is 1. The predicted molar refractivity (Wildman–Crippen MR) is 84.4 cm³/mol. The summed E-state index contributed by atoms with van der Waals surface area (Å²) >= 11 is 0. The molecule has 2 heterocycles. The van der Waals surface area contributed by atoms with Gasteiger partial charge >= 0.3 is 0 Å². The molecule has 1 aliphatic heterocycles. The van der Waals surface area contributed by atoms with Crippen molar-refractivity contribution in [2.75, 3.05) is 23.4 Å². The Balaban J connectivity index is 2.10. The van der Waals surface area contributed by atoms with E-state index in [-0.39, 0.29) is 11.9 Å². The van der Waals surface area contributed by atoms with Gasteiger partial charge in [0, 0.05) is 18.8 Å². The van der Waals surface area contributed by atoms with Gasteiger partial charge < -0.3 is 21.1 Å². The fraction of sp³-hybridized carbons (Fsp3) is 0.267. The standard InChI is InChI=1S/C15H17N5O2/c1-15(2)13(21)20(3)10-6-8(4-5-11(10)22-15)9-7-18-14(17)19-12(9)16/h4-7H,1-3H3,(H4,16,17,18,19). The number of likely N-dealkylation sites (N-methyl/N-ethyl adjacent to an activating group) is 1. The minimum atomic E-state index is -0.882. The molecule has 7 nitrogen and oxygen atoms in total. The van der Waals surface area contributed by atoms with Crippen LogP contribution in [0.2, 0.25) is 0 Å². The van der Waals surface area contributed by atoms with Crippen LogP contribution in [-0.2, 0) is 4.79 Å². The molecule has 2 aromatic rings. The van der Waals surface area contributed by atoms with E-state index in [2.05, 4.69) is 9.97 Å². The van der Waals surface area contributed by atoms with Gasteiger partial charge in [0.1, 0.15) is 11.6 Å². The predicted octanol–water partition coefficient (Wildman–Crippen LogP) is 1.44. The van der Waals surface area contributed by atoms with Crippen LogP contribution in [0.3, 0.4) is 0 Å². The van der Waals surface area contributed by atoms with Gasteiger partial charge in [-0.1, -0.05) is 6.07 Å². The molecule has 0 fully saturated rings. The van der Waals surface area contributed by atoms with Crippen LogP contribution in [0, 0.1) is 0 Å². The minimum absolute atomic E-state index is 0.112. The van der Waals surface area contributed by atoms with Crippen molar-refractivity contribution >= 4 is 23.4 Å². The van der Waals surface area contributed by atoms with Crippen molar-refractivity contribution in [3.05, 3.63) is 24.4 Å². The van der Waals surface area contributed by atoms with Crippen molar-refractivity contribution in [1.29, 1.82) is 0 Å². The number of benzene rings is 1. The molecule has 1 aliphatic rings. The Bertz CT molecular complexity index is 773. The van der Waals surface area contributed by atoms with Crippen molar-refractivity contribution in [2.45, 2.75) is 19.4 Å². The molecule has 0 saturated carbocycles. The topological polar surface area (TPSA) is 107 Å². The van der Waals surface area contributed by atoms with Gasteiger partial charge in [0.25, 0.3) is 5.91 Å². The average molecular weight is 299 g/mol. The van der Waals surface area contributed by atoms with Crippen LogP contribution in [0.25, 0.3) is 11.1 Å². The second-order valence-corrected chi connectivity index (χ2v) is 5.69. The Morgan fingerprint density at radius 3 is 2.68 bits per heavy atom. The molecule has 4 N–H and O–H groups in total. The number of hydrogen-bond acceptors (Lipinski definition) is 6. The number of nitrogens with zero attached hydrogens (tertiary/aromatic N) is 3. The lowest BCUT2D eigenvalue weighted by atomic mass is 10.0. The summed E-state index contributed by atoms with van der Waals surface area (Å²) in [7, 11) is 1.72. The van der Waals surface area contributed by atoms with E-state index >= 15 is 0 Å². The maximum absolute atomic E-state index is 12.3. The zero-order chi connectivity index (χ0) is 16.1. The van der Waals surface area contributed by atoms with Crippen LogP contribution in [0.15, 0.2) is 24.4 Å². The van der Waals surface area contributed by atoms with Gasteiger partial charge in [-0.25, -0.2) is 4.98 Å². The zero-order valence-corrected chi connectivity index (χ0v) is 12.6. The van der Waals surface area contributed by atoms with Gasteiger partial charge in [-0.05, 0) is 31.5 Å². The fourth-order valence-corrected chi connectivity index (χ4v) is 2.50. The third-order valence-corrected chi connectivity index (χ3v) is 3.65. The smallest absolute Gasteiger partial charge is 0.270 e. The molecule has 1 amide bonds. The molecule has 7 heteroatoms. The first-order valence-corrected chi connectivity index (χ1v) is 6.79. The normalized spacial score (nSPS) is 16.1. The van der Waals surface area contributed by atoms with E-state index in [1.807, 2.05) is 18.2 Å². The zero-order valence-electron chi connectivity index (χ0n) is 12.6. The van der Waals surface area contributed by atoms with Crippen LogP contribution in [0.5, 0.6) is 5.75 Å². The number of rotatable bonds is 1. The van der Waals surface area contributed by atoms with Gasteiger partial charge in [-0.2, -0.15) is 4.98 Å². The molecule has 0 unspecified atom stereocenters. The molecule has 0 atom stereocenters. The molecular formula is C15H17N5O2. The highest BCUT2D eigenvalue weighted by molar-refractivity contribution is 6.02. The van der Waals surface area contributed by atoms with Crippen LogP contribution < -0.4 is 21.1 Å². The summed E-state index contributed by atoms with van der Waals surface area (Å²) in [5, 5.41) is 0. The maximum atomic E-state index is 12.3. The first-order chi connectivity index (χ1) is 10.3. The van der Waals surface area contributed by atoms with Crippen molar-refractivity contribution in [2.24, 2.45) is 0 Å². The van der Waals surface area contributed by atoms with E-state index in [4.69, 9.17) is 16.2 Å². The number of nitrogens with two attached hydrogens (primary N) is 2. The van der Waals surface area contributed by atoms with E-state index in [1.54, 1.807) is 32.0 Å². The van der Waals surface area contributed by atoms with Gasteiger partial charge in [0.2, 0.25) is 5.95 Å². The van der Waals surface area contributed by atoms with Gasteiger partial charge in [0.05, 0.1) is 5.69 Å². The third-order valence-electron chi connectivity index (χ3n) is 3.65. The van der Waals surface area contributed by atoms with Crippen molar-refractivity contribution in [1.82, 2.24) is 9.97 Å². The van der Waals surface area contributed by atoms with Gasteiger partial charge in [-0.15, -0.1) is 0 Å². The minimum Gasteiger partial charge on any atom is -0.476 e. The fourth-order valence-electron chi connectivity index (χ4n) is 2.50. The highest BCUT2D eigenvalue weighted by Gasteiger charge is 2.39. The molecule has 3 rings (SSSR count). The molecule has 0 bridgehead atoms. The Morgan fingerprint density at radius 2 is 2.00 bits per heavy atom. The highest BCUT2D eigenvalue weighted by atomic mass is 16.5. The largest absolute Gasteiger partial charge is 0.476 e. The molecule has 1 aromatic carbocycles. The van der Waals surface area contributed by atoms with E-state index in [0.29, 0.717) is 22.8 Å². The SMILES string of the molecule is CN1C(=O)C(C)(C)Oc2ccc(-c3cnc(N)nc3N)cc21. The Kier molecular flexibility index (Phi) is 2.94. The highest BCUT2D eigenvalue weighted by Crippen LogP contribution is 2.40. The quantitative estimate of drug-likeness (QED) is 0.825. The Labute approximate surface area is 127 Å². The Morgan fingerprint density at radius 1 is 1.27 bits per heavy atom. The molecule has 22 heavy (non-hydrogen) atoms. The van der Waals surface area contributed by atoms with Gasteiger partial charge in [0.15, 0.2) is 5.60 Å². The molecule has 1 aromatic heterocycles. The average Bonchev–Trinajstić information content (AvgIpc) is 2.45. The Hall–Kier alpha value is -2.83. The monoisotopic (exact) mass is 299 g/mol. The number of nitrogen functional groups attached to an aromatic ring is 2. The second kappa shape index (κ2) is 4.59. The molecular weight excluding hydrogens is 282 g/mol. The summed E-state index contributed by atoms with van der Waals surface area (Å²) in [6, 6.07) is 5.49. The van der Waals surface area contributed by atoms with E-state index in [0.717, 1.165) is 5.56 Å². The molecule has 0 saturated heterocycles. The third kappa shape index (κ3) is 2.11. The lowest BCUT2D eigenvalue weighted by Crippen LogP contribution is -2.50. The van der Waals surface area contributed by atoms with Crippen molar-refractivity contribution < 1.29 is 9.53 Å². The number of fused-ring (bicyclic) bond motifs is 1. The number of aromatic nitrogens is 2. The lowest BCUT2D eigenvalue weighted by molar-refractivity contribution is -0.132. The lowest BCUT2D eigenvalue weighted by Gasteiger charge is -2.37. The van der Waals surface area contributed by atoms with Crippen LogP contribution in [0.1, 0.15) is 13.8 Å². The second-order valence-electron chi connectivity index (χ2n) is 5.69. The number of amides is 1. The number of ether oxygens (including phenoxy) is 1. The summed E-state index contributed by atoms with van der Waals surface area (Å²) in [6.45, 7) is 3.49. The first kappa shape index (κ1) is 14.1. The van der Waals surface area contributed by atoms with E-state index in [9.17, 15) is 4.79 Å². The number of hydrogen-bond donors (Lipinski definition) is 2. The van der Waals surface area contributed by atoms with Gasteiger partial charge in [-0.3, -0.25) is 4.79 Å². The molecule has 0 radical (unpaired) electrons. The number of anilines is 3.